The van der Waals surface area contributed by atoms with Crippen LogP contribution in [0.1, 0.15) is 48.9 Å². The van der Waals surface area contributed by atoms with Gasteiger partial charge in [-0.2, -0.15) is 0 Å². The Morgan fingerprint density at radius 1 is 1.20 bits per heavy atom. The number of carbonyl (C=O) groups is 1. The minimum atomic E-state index is -0.578. The Balaban J connectivity index is 1.99. The maximum atomic E-state index is 11.8. The third kappa shape index (κ3) is 3.83. The molecule has 1 atom stereocenters. The van der Waals surface area contributed by atoms with Gasteiger partial charge in [-0.3, -0.25) is 9.79 Å². The van der Waals surface area contributed by atoms with E-state index in [-0.39, 0.29) is 12.5 Å². The van der Waals surface area contributed by atoms with E-state index in [1.165, 1.54) is 0 Å². The molecule has 0 saturated carbocycles. The SMILES string of the molecule is Cc1noc2c1-c1ccc(OC(C)C)cc1C(c1ccc(Cl)cc1)=N[C@H]2CC(N)=O. The average Bonchev–Trinajstić information content (AvgIpc) is 3.00. The molecule has 2 heterocycles. The summed E-state index contributed by atoms with van der Waals surface area (Å²) in [7, 11) is 0. The van der Waals surface area contributed by atoms with E-state index in [2.05, 4.69) is 5.16 Å². The van der Waals surface area contributed by atoms with Gasteiger partial charge in [0, 0.05) is 16.1 Å². The number of nitrogens with two attached hydrogens (primary N) is 1. The third-order valence-electron chi connectivity index (χ3n) is 4.88. The summed E-state index contributed by atoms with van der Waals surface area (Å²) in [6.45, 7) is 5.83. The lowest BCUT2D eigenvalue weighted by atomic mass is 9.92. The van der Waals surface area contributed by atoms with Crippen LogP contribution in [0.3, 0.4) is 0 Å². The van der Waals surface area contributed by atoms with Gasteiger partial charge in [0.25, 0.3) is 0 Å². The first-order valence-corrected chi connectivity index (χ1v) is 10.1. The summed E-state index contributed by atoms with van der Waals surface area (Å²) < 4.78 is 11.5. The number of benzene rings is 2. The summed E-state index contributed by atoms with van der Waals surface area (Å²) in [6.07, 6.45) is 0.0439. The van der Waals surface area contributed by atoms with Crippen LogP contribution in [0.2, 0.25) is 5.02 Å². The van der Waals surface area contributed by atoms with Crippen molar-refractivity contribution in [1.82, 2.24) is 5.16 Å². The molecular weight excluding hydrogens is 402 g/mol. The zero-order chi connectivity index (χ0) is 21.4. The van der Waals surface area contributed by atoms with E-state index < -0.39 is 11.9 Å². The van der Waals surface area contributed by atoms with Gasteiger partial charge in [-0.05, 0) is 56.7 Å². The summed E-state index contributed by atoms with van der Waals surface area (Å²) >= 11 is 6.10. The summed E-state index contributed by atoms with van der Waals surface area (Å²) in [5, 5.41) is 4.76. The Hall–Kier alpha value is -3.12. The molecule has 30 heavy (non-hydrogen) atoms. The van der Waals surface area contributed by atoms with Crippen molar-refractivity contribution in [3.8, 4) is 16.9 Å². The number of amides is 1. The molecular formula is C23H22ClN3O3. The molecule has 3 aromatic rings. The second kappa shape index (κ2) is 7.95. The lowest BCUT2D eigenvalue weighted by Crippen LogP contribution is -2.15. The molecule has 7 heteroatoms. The minimum absolute atomic E-state index is 0.0159. The van der Waals surface area contributed by atoms with Crippen LogP contribution in [0.25, 0.3) is 11.1 Å². The predicted molar refractivity (Wildman–Crippen MR) is 116 cm³/mol. The Morgan fingerprint density at radius 2 is 1.93 bits per heavy atom. The third-order valence-corrected chi connectivity index (χ3v) is 5.13. The fourth-order valence-electron chi connectivity index (χ4n) is 3.68. The van der Waals surface area contributed by atoms with E-state index in [1.807, 2.05) is 63.2 Å². The Kier molecular flexibility index (Phi) is 5.35. The van der Waals surface area contributed by atoms with Gasteiger partial charge in [0.15, 0.2) is 5.76 Å². The highest BCUT2D eigenvalue weighted by atomic mass is 35.5. The second-order valence-corrected chi connectivity index (χ2v) is 7.99. The molecule has 0 radical (unpaired) electrons. The topological polar surface area (TPSA) is 90.7 Å². The zero-order valence-corrected chi connectivity index (χ0v) is 17.7. The largest absolute Gasteiger partial charge is 0.491 e. The van der Waals surface area contributed by atoms with Crippen molar-refractivity contribution in [3.63, 3.8) is 0 Å². The molecule has 0 bridgehead atoms. The average molecular weight is 424 g/mol. The normalized spacial score (nSPS) is 15.2. The molecule has 6 nitrogen and oxygen atoms in total. The quantitative estimate of drug-likeness (QED) is 0.634. The van der Waals surface area contributed by atoms with Gasteiger partial charge in [0.2, 0.25) is 5.91 Å². The van der Waals surface area contributed by atoms with Crippen LogP contribution in [0.4, 0.5) is 0 Å². The number of aromatic nitrogens is 1. The number of nitrogens with zero attached hydrogens (tertiary/aromatic N) is 2. The van der Waals surface area contributed by atoms with Crippen molar-refractivity contribution in [3.05, 3.63) is 70.1 Å². The number of hydrogen-bond acceptors (Lipinski definition) is 5. The number of halogens is 1. The van der Waals surface area contributed by atoms with Crippen LogP contribution in [0, 0.1) is 6.92 Å². The number of aliphatic imine (C=N–C) groups is 1. The van der Waals surface area contributed by atoms with E-state index in [0.717, 1.165) is 33.7 Å². The van der Waals surface area contributed by atoms with Gasteiger partial charge in [0.1, 0.15) is 11.8 Å². The molecule has 4 rings (SSSR count). The number of primary amides is 1. The number of ether oxygens (including phenoxy) is 1. The number of hydrogen-bond donors (Lipinski definition) is 1. The Bertz CT molecular complexity index is 1130. The second-order valence-electron chi connectivity index (χ2n) is 7.55. The highest BCUT2D eigenvalue weighted by molar-refractivity contribution is 6.30. The van der Waals surface area contributed by atoms with Crippen LogP contribution in [0.5, 0.6) is 5.75 Å². The Morgan fingerprint density at radius 3 is 2.60 bits per heavy atom. The maximum Gasteiger partial charge on any atom is 0.220 e. The van der Waals surface area contributed by atoms with Gasteiger partial charge in [0.05, 0.1) is 29.5 Å². The summed E-state index contributed by atoms with van der Waals surface area (Å²) in [5.41, 5.74) is 10.5. The van der Waals surface area contributed by atoms with Crippen LogP contribution in [-0.2, 0) is 4.79 Å². The highest BCUT2D eigenvalue weighted by Gasteiger charge is 2.31. The van der Waals surface area contributed by atoms with E-state index >= 15 is 0 Å². The zero-order valence-electron chi connectivity index (χ0n) is 17.0. The lowest BCUT2D eigenvalue weighted by molar-refractivity contribution is -0.118. The van der Waals surface area contributed by atoms with Crippen LogP contribution >= 0.6 is 11.6 Å². The van der Waals surface area contributed by atoms with E-state index in [1.54, 1.807) is 0 Å². The smallest absolute Gasteiger partial charge is 0.220 e. The summed E-state index contributed by atoms with van der Waals surface area (Å²) in [5.74, 6) is 0.803. The fraction of sp³-hybridized carbons (Fsp3) is 0.261. The molecule has 1 aliphatic rings. The molecule has 0 unspecified atom stereocenters. The molecule has 1 aliphatic heterocycles. The number of carbonyl (C=O) groups excluding carboxylic acids is 1. The minimum Gasteiger partial charge on any atom is -0.491 e. The molecule has 154 valence electrons. The molecule has 2 N–H and O–H groups in total. The number of rotatable bonds is 5. The van der Waals surface area contributed by atoms with Crippen molar-refractivity contribution in [2.45, 2.75) is 39.3 Å². The highest BCUT2D eigenvalue weighted by Crippen LogP contribution is 2.41. The lowest BCUT2D eigenvalue weighted by Gasteiger charge is -2.15. The summed E-state index contributed by atoms with van der Waals surface area (Å²) in [6, 6.07) is 12.7. The number of fused-ring (bicyclic) bond motifs is 3. The molecule has 2 aromatic carbocycles. The van der Waals surface area contributed by atoms with Crippen LogP contribution in [-0.4, -0.2) is 22.9 Å². The molecule has 0 aliphatic carbocycles. The monoisotopic (exact) mass is 423 g/mol. The van der Waals surface area contributed by atoms with Crippen molar-refractivity contribution in [1.29, 1.82) is 0 Å². The van der Waals surface area contributed by atoms with Crippen molar-refractivity contribution in [2.24, 2.45) is 10.7 Å². The standard InChI is InChI=1S/C23H22ClN3O3/c1-12(2)29-16-8-9-17-18(10-16)22(14-4-6-15(24)7-5-14)26-19(11-20(25)28)23-21(17)13(3)27-30-23/h4-10,12,19H,11H2,1-3H3,(H2,25,28)/t19-/m0/s1. The van der Waals surface area contributed by atoms with Crippen molar-refractivity contribution < 1.29 is 14.1 Å². The van der Waals surface area contributed by atoms with E-state index in [0.29, 0.717) is 16.5 Å². The predicted octanol–water partition coefficient (Wildman–Crippen LogP) is 4.86. The maximum absolute atomic E-state index is 11.8. The first kappa shape index (κ1) is 20.2. The van der Waals surface area contributed by atoms with Crippen molar-refractivity contribution in [2.75, 3.05) is 0 Å². The summed E-state index contributed by atoms with van der Waals surface area (Å²) in [4.78, 5) is 16.7. The van der Waals surface area contributed by atoms with Crippen LogP contribution < -0.4 is 10.5 Å². The van der Waals surface area contributed by atoms with Crippen LogP contribution in [0.15, 0.2) is 52.0 Å². The van der Waals surface area contributed by atoms with Crippen molar-refractivity contribution >= 4 is 23.2 Å². The van der Waals surface area contributed by atoms with Gasteiger partial charge < -0.3 is 15.0 Å². The first-order chi connectivity index (χ1) is 14.3. The Labute approximate surface area is 179 Å². The number of aryl methyl sites for hydroxylation is 1. The molecule has 1 aromatic heterocycles. The van der Waals surface area contributed by atoms with Gasteiger partial charge in [-0.25, -0.2) is 0 Å². The first-order valence-electron chi connectivity index (χ1n) is 9.73. The van der Waals surface area contributed by atoms with E-state index in [9.17, 15) is 4.79 Å². The molecule has 0 saturated heterocycles. The molecule has 0 spiro atoms. The molecule has 0 fully saturated rings. The van der Waals surface area contributed by atoms with Gasteiger partial charge in [-0.15, -0.1) is 0 Å². The van der Waals surface area contributed by atoms with E-state index in [4.69, 9.17) is 31.6 Å². The van der Waals surface area contributed by atoms with Gasteiger partial charge >= 0.3 is 0 Å². The molecule has 1 amide bonds. The van der Waals surface area contributed by atoms with Gasteiger partial charge in [-0.1, -0.05) is 28.9 Å². The fourth-order valence-corrected chi connectivity index (χ4v) is 3.80.